The maximum absolute atomic E-state index is 12.9. The van der Waals surface area contributed by atoms with Gasteiger partial charge >= 0.3 is 0 Å². The quantitative estimate of drug-likeness (QED) is 0.573. The standard InChI is InChI=1S/C15H12FN3O2/c16-12-4-1-10(2-5-12)8-19-9-17-13-6-3-11(7-14(13)19)15(20)18-21/h1-7,9,21H,8H2,(H,18,20). The smallest absolute Gasteiger partial charge is 0.274 e. The highest BCUT2D eigenvalue weighted by Crippen LogP contribution is 2.17. The number of nitrogens with one attached hydrogen (secondary N) is 1. The number of hydrogen-bond donors (Lipinski definition) is 2. The molecule has 0 saturated carbocycles. The van der Waals surface area contributed by atoms with Crippen molar-refractivity contribution in [3.05, 3.63) is 65.7 Å². The lowest BCUT2D eigenvalue weighted by Gasteiger charge is -2.05. The van der Waals surface area contributed by atoms with Crippen LogP contribution in [0.2, 0.25) is 0 Å². The minimum Gasteiger partial charge on any atom is -0.326 e. The molecule has 0 bridgehead atoms. The number of imidazole rings is 1. The zero-order valence-electron chi connectivity index (χ0n) is 11.0. The van der Waals surface area contributed by atoms with Crippen molar-refractivity contribution in [1.82, 2.24) is 15.0 Å². The van der Waals surface area contributed by atoms with Gasteiger partial charge in [0, 0.05) is 12.1 Å². The molecule has 5 nitrogen and oxygen atoms in total. The second-order valence-corrected chi connectivity index (χ2v) is 4.64. The topological polar surface area (TPSA) is 67.2 Å². The van der Waals surface area contributed by atoms with Gasteiger partial charge in [-0.15, -0.1) is 0 Å². The van der Waals surface area contributed by atoms with E-state index in [1.807, 2.05) is 4.57 Å². The molecule has 0 atom stereocenters. The summed E-state index contributed by atoms with van der Waals surface area (Å²) in [6.45, 7) is 0.515. The third-order valence-electron chi connectivity index (χ3n) is 3.25. The molecule has 1 heterocycles. The Labute approximate surface area is 119 Å². The number of fused-ring (bicyclic) bond motifs is 1. The average molecular weight is 285 g/mol. The van der Waals surface area contributed by atoms with E-state index in [0.717, 1.165) is 16.6 Å². The van der Waals surface area contributed by atoms with Gasteiger partial charge < -0.3 is 4.57 Å². The van der Waals surface area contributed by atoms with Crippen molar-refractivity contribution < 1.29 is 14.4 Å². The zero-order valence-corrected chi connectivity index (χ0v) is 11.0. The molecule has 0 aliphatic heterocycles. The molecular formula is C15H12FN3O2. The van der Waals surface area contributed by atoms with Gasteiger partial charge in [-0.05, 0) is 35.9 Å². The third-order valence-corrected chi connectivity index (χ3v) is 3.25. The van der Waals surface area contributed by atoms with Crippen LogP contribution in [0.25, 0.3) is 11.0 Å². The van der Waals surface area contributed by atoms with Crippen molar-refractivity contribution in [3.63, 3.8) is 0 Å². The van der Waals surface area contributed by atoms with Crippen LogP contribution in [0.5, 0.6) is 0 Å². The number of halogens is 1. The molecule has 0 unspecified atom stereocenters. The summed E-state index contributed by atoms with van der Waals surface area (Å²) in [6.07, 6.45) is 1.66. The van der Waals surface area contributed by atoms with Gasteiger partial charge in [-0.1, -0.05) is 12.1 Å². The van der Waals surface area contributed by atoms with Gasteiger partial charge in [0.15, 0.2) is 0 Å². The van der Waals surface area contributed by atoms with Crippen molar-refractivity contribution in [2.24, 2.45) is 0 Å². The lowest BCUT2D eigenvalue weighted by atomic mass is 10.2. The molecule has 1 aromatic heterocycles. The molecular weight excluding hydrogens is 273 g/mol. The van der Waals surface area contributed by atoms with E-state index < -0.39 is 5.91 Å². The van der Waals surface area contributed by atoms with Gasteiger partial charge in [-0.25, -0.2) is 14.9 Å². The second-order valence-electron chi connectivity index (χ2n) is 4.64. The van der Waals surface area contributed by atoms with E-state index in [-0.39, 0.29) is 5.82 Å². The average Bonchev–Trinajstić information content (AvgIpc) is 2.91. The SMILES string of the molecule is O=C(NO)c1ccc2ncn(Cc3ccc(F)cc3)c2c1. The highest BCUT2D eigenvalue weighted by atomic mass is 19.1. The van der Waals surface area contributed by atoms with Crippen LogP contribution in [0.4, 0.5) is 4.39 Å². The van der Waals surface area contributed by atoms with E-state index >= 15 is 0 Å². The van der Waals surface area contributed by atoms with Crippen molar-refractivity contribution in [3.8, 4) is 0 Å². The zero-order chi connectivity index (χ0) is 14.8. The minimum atomic E-state index is -0.577. The van der Waals surface area contributed by atoms with Crippen molar-refractivity contribution in [2.45, 2.75) is 6.54 Å². The number of benzene rings is 2. The van der Waals surface area contributed by atoms with Gasteiger partial charge in [0.1, 0.15) is 5.82 Å². The van der Waals surface area contributed by atoms with E-state index in [2.05, 4.69) is 4.98 Å². The van der Waals surface area contributed by atoms with Gasteiger partial charge in [0.2, 0.25) is 0 Å². The Morgan fingerprint density at radius 2 is 2.00 bits per heavy atom. The highest BCUT2D eigenvalue weighted by Gasteiger charge is 2.09. The predicted octanol–water partition coefficient (Wildman–Crippen LogP) is 2.34. The summed E-state index contributed by atoms with van der Waals surface area (Å²) in [5.74, 6) is -0.859. The summed E-state index contributed by atoms with van der Waals surface area (Å²) < 4.78 is 14.8. The van der Waals surface area contributed by atoms with Crippen LogP contribution in [0, 0.1) is 5.82 Å². The van der Waals surface area contributed by atoms with E-state index in [4.69, 9.17) is 5.21 Å². The number of aromatic nitrogens is 2. The molecule has 0 aliphatic carbocycles. The fourth-order valence-corrected chi connectivity index (χ4v) is 2.18. The predicted molar refractivity (Wildman–Crippen MR) is 74.5 cm³/mol. The third kappa shape index (κ3) is 2.61. The summed E-state index contributed by atoms with van der Waals surface area (Å²) in [6, 6.07) is 11.1. The number of rotatable bonds is 3. The molecule has 6 heteroatoms. The van der Waals surface area contributed by atoms with Crippen molar-refractivity contribution in [1.29, 1.82) is 0 Å². The van der Waals surface area contributed by atoms with Gasteiger partial charge in [-0.3, -0.25) is 10.0 Å². The Bertz CT molecular complexity index is 796. The molecule has 0 radical (unpaired) electrons. The van der Waals surface area contributed by atoms with Gasteiger partial charge in [0.25, 0.3) is 5.91 Å². The highest BCUT2D eigenvalue weighted by molar-refractivity contribution is 5.96. The van der Waals surface area contributed by atoms with Crippen molar-refractivity contribution >= 4 is 16.9 Å². The summed E-state index contributed by atoms with van der Waals surface area (Å²) in [4.78, 5) is 15.7. The van der Waals surface area contributed by atoms with Crippen LogP contribution < -0.4 is 5.48 Å². The largest absolute Gasteiger partial charge is 0.326 e. The molecule has 0 saturated heterocycles. The van der Waals surface area contributed by atoms with Crippen LogP contribution >= 0.6 is 0 Å². The molecule has 2 N–H and O–H groups in total. The molecule has 0 fully saturated rings. The van der Waals surface area contributed by atoms with Crippen LogP contribution in [0.15, 0.2) is 48.8 Å². The Kier molecular flexibility index (Phi) is 3.37. The van der Waals surface area contributed by atoms with Gasteiger partial charge in [0.05, 0.1) is 17.4 Å². The molecule has 106 valence electrons. The van der Waals surface area contributed by atoms with Crippen LogP contribution in [0.1, 0.15) is 15.9 Å². The summed E-state index contributed by atoms with van der Waals surface area (Å²) in [5.41, 5.74) is 4.37. The fourth-order valence-electron chi connectivity index (χ4n) is 2.18. The number of carbonyl (C=O) groups is 1. The molecule has 21 heavy (non-hydrogen) atoms. The van der Waals surface area contributed by atoms with Gasteiger partial charge in [-0.2, -0.15) is 0 Å². The maximum Gasteiger partial charge on any atom is 0.274 e. The molecule has 0 aliphatic rings. The Balaban J connectivity index is 1.98. The van der Waals surface area contributed by atoms with E-state index in [0.29, 0.717) is 12.1 Å². The van der Waals surface area contributed by atoms with Crippen LogP contribution in [-0.4, -0.2) is 20.7 Å². The van der Waals surface area contributed by atoms with Crippen molar-refractivity contribution in [2.75, 3.05) is 0 Å². The Morgan fingerprint density at radius 1 is 1.24 bits per heavy atom. The number of hydroxylamine groups is 1. The first-order valence-electron chi connectivity index (χ1n) is 6.31. The van der Waals surface area contributed by atoms with E-state index in [1.54, 1.807) is 42.1 Å². The first-order chi connectivity index (χ1) is 10.2. The van der Waals surface area contributed by atoms with E-state index in [1.165, 1.54) is 12.1 Å². The number of nitrogens with zero attached hydrogens (tertiary/aromatic N) is 2. The first-order valence-corrected chi connectivity index (χ1v) is 6.31. The molecule has 3 aromatic rings. The molecule has 0 spiro atoms. The fraction of sp³-hybridized carbons (Fsp3) is 0.0667. The summed E-state index contributed by atoms with van der Waals surface area (Å²) in [7, 11) is 0. The van der Waals surface area contributed by atoms with Crippen LogP contribution in [-0.2, 0) is 6.54 Å². The maximum atomic E-state index is 12.9. The normalized spacial score (nSPS) is 10.8. The molecule has 3 rings (SSSR count). The first kappa shape index (κ1) is 13.3. The molecule has 1 amide bonds. The van der Waals surface area contributed by atoms with Crippen LogP contribution in [0.3, 0.4) is 0 Å². The minimum absolute atomic E-state index is 0.281. The lowest BCUT2D eigenvalue weighted by Crippen LogP contribution is -2.18. The monoisotopic (exact) mass is 285 g/mol. The number of carbonyl (C=O) groups excluding carboxylic acids is 1. The second kappa shape index (κ2) is 5.34. The molecule has 2 aromatic carbocycles. The summed E-state index contributed by atoms with van der Waals surface area (Å²) >= 11 is 0. The lowest BCUT2D eigenvalue weighted by molar-refractivity contribution is 0.0706. The Morgan fingerprint density at radius 3 is 2.71 bits per heavy atom. The number of hydrogen-bond acceptors (Lipinski definition) is 3. The van der Waals surface area contributed by atoms with E-state index in [9.17, 15) is 9.18 Å². The Hall–Kier alpha value is -2.73. The number of amides is 1. The summed E-state index contributed by atoms with van der Waals surface area (Å²) in [5, 5.41) is 8.68.